The molecule has 3 heteroatoms. The van der Waals surface area contributed by atoms with Gasteiger partial charge in [-0.15, -0.1) is 0 Å². The Hall–Kier alpha value is -1.06. The third-order valence-electron chi connectivity index (χ3n) is 4.78. The predicted octanol–water partition coefficient (Wildman–Crippen LogP) is 3.23. The summed E-state index contributed by atoms with van der Waals surface area (Å²) in [5.41, 5.74) is 2.83. The van der Waals surface area contributed by atoms with E-state index in [-0.39, 0.29) is 0 Å². The molecule has 2 aliphatic carbocycles. The van der Waals surface area contributed by atoms with Gasteiger partial charge in [-0.1, -0.05) is 12.1 Å². The molecular weight excluding hydrogens is 250 g/mol. The molecule has 0 spiro atoms. The summed E-state index contributed by atoms with van der Waals surface area (Å²) in [6, 6.07) is 6.98. The topological polar surface area (TPSA) is 30.5 Å². The lowest BCUT2D eigenvalue weighted by atomic mass is 9.94. The summed E-state index contributed by atoms with van der Waals surface area (Å²) in [6.45, 7) is 0. The molecule has 0 bridgehead atoms. The Labute approximate surface area is 121 Å². The van der Waals surface area contributed by atoms with Crippen LogP contribution >= 0.6 is 0 Å². The molecule has 1 N–H and O–H groups in total. The highest BCUT2D eigenvalue weighted by molar-refractivity contribution is 5.45. The zero-order valence-corrected chi connectivity index (χ0v) is 12.5. The van der Waals surface area contributed by atoms with Crippen molar-refractivity contribution in [3.8, 4) is 5.75 Å². The van der Waals surface area contributed by atoms with Gasteiger partial charge in [-0.3, -0.25) is 0 Å². The van der Waals surface area contributed by atoms with Gasteiger partial charge < -0.3 is 14.8 Å². The minimum atomic E-state index is 0.314. The van der Waals surface area contributed by atoms with Crippen LogP contribution in [0.2, 0.25) is 0 Å². The SMILES string of the molecule is CNC1CCc2c(OC3CCCC(OC)C3)cccc21. The van der Waals surface area contributed by atoms with Crippen molar-refractivity contribution >= 4 is 0 Å². The second-order valence-corrected chi connectivity index (χ2v) is 5.97. The molecule has 1 aromatic carbocycles. The van der Waals surface area contributed by atoms with Crippen LogP contribution in [-0.4, -0.2) is 26.4 Å². The lowest BCUT2D eigenvalue weighted by Gasteiger charge is -2.29. The van der Waals surface area contributed by atoms with Crippen LogP contribution < -0.4 is 10.1 Å². The molecule has 3 rings (SSSR count). The normalized spacial score (nSPS) is 29.2. The monoisotopic (exact) mass is 275 g/mol. The van der Waals surface area contributed by atoms with Gasteiger partial charge in [-0.25, -0.2) is 0 Å². The van der Waals surface area contributed by atoms with Crippen LogP contribution in [-0.2, 0) is 11.2 Å². The van der Waals surface area contributed by atoms with Crippen molar-refractivity contribution in [2.75, 3.05) is 14.2 Å². The zero-order valence-electron chi connectivity index (χ0n) is 12.5. The van der Waals surface area contributed by atoms with E-state index in [4.69, 9.17) is 9.47 Å². The standard InChI is InChI=1S/C17H25NO2/c1-18-16-10-9-15-14(16)7-4-8-17(15)20-13-6-3-5-12(11-13)19-2/h4,7-8,12-13,16,18H,3,5-6,9-11H2,1-2H3. The van der Waals surface area contributed by atoms with Crippen LogP contribution in [0.4, 0.5) is 0 Å². The molecule has 3 unspecified atom stereocenters. The molecule has 2 aliphatic rings. The minimum absolute atomic E-state index is 0.314. The van der Waals surface area contributed by atoms with Crippen molar-refractivity contribution in [3.05, 3.63) is 29.3 Å². The first-order chi connectivity index (χ1) is 9.81. The molecular formula is C17H25NO2. The number of ether oxygens (including phenoxy) is 2. The molecule has 0 saturated heterocycles. The van der Waals surface area contributed by atoms with Gasteiger partial charge in [0.05, 0.1) is 6.10 Å². The molecule has 3 nitrogen and oxygen atoms in total. The maximum Gasteiger partial charge on any atom is 0.123 e. The number of fused-ring (bicyclic) bond motifs is 1. The zero-order chi connectivity index (χ0) is 13.9. The van der Waals surface area contributed by atoms with Crippen LogP contribution in [0.1, 0.15) is 49.3 Å². The van der Waals surface area contributed by atoms with Gasteiger partial charge in [0.15, 0.2) is 0 Å². The Balaban J connectivity index is 1.74. The molecule has 0 heterocycles. The van der Waals surface area contributed by atoms with Gasteiger partial charge in [0.25, 0.3) is 0 Å². The van der Waals surface area contributed by atoms with Gasteiger partial charge in [0, 0.05) is 19.6 Å². The number of methoxy groups -OCH3 is 1. The van der Waals surface area contributed by atoms with E-state index < -0.39 is 0 Å². The average molecular weight is 275 g/mol. The van der Waals surface area contributed by atoms with E-state index in [0.29, 0.717) is 18.2 Å². The van der Waals surface area contributed by atoms with Crippen molar-refractivity contribution in [1.29, 1.82) is 0 Å². The number of benzene rings is 1. The summed E-state index contributed by atoms with van der Waals surface area (Å²) < 4.78 is 11.8. The largest absolute Gasteiger partial charge is 0.490 e. The van der Waals surface area contributed by atoms with Crippen molar-refractivity contribution in [2.24, 2.45) is 0 Å². The van der Waals surface area contributed by atoms with E-state index in [1.807, 2.05) is 14.2 Å². The number of rotatable bonds is 4. The van der Waals surface area contributed by atoms with Gasteiger partial charge in [-0.05, 0) is 56.3 Å². The molecule has 0 aliphatic heterocycles. The second kappa shape index (κ2) is 6.15. The van der Waals surface area contributed by atoms with Crippen LogP contribution in [0.3, 0.4) is 0 Å². The number of nitrogens with one attached hydrogen (secondary N) is 1. The predicted molar refractivity (Wildman–Crippen MR) is 80.2 cm³/mol. The quantitative estimate of drug-likeness (QED) is 0.915. The molecule has 1 saturated carbocycles. The highest BCUT2D eigenvalue weighted by Gasteiger charge is 2.27. The highest BCUT2D eigenvalue weighted by Crippen LogP contribution is 2.38. The number of hydrogen-bond donors (Lipinski definition) is 1. The Morgan fingerprint density at radius 3 is 2.80 bits per heavy atom. The van der Waals surface area contributed by atoms with E-state index in [2.05, 4.69) is 23.5 Å². The Morgan fingerprint density at radius 1 is 1.15 bits per heavy atom. The molecule has 110 valence electrons. The molecule has 0 radical (unpaired) electrons. The van der Waals surface area contributed by atoms with Gasteiger partial charge in [-0.2, -0.15) is 0 Å². The first-order valence-electron chi connectivity index (χ1n) is 7.80. The molecule has 20 heavy (non-hydrogen) atoms. The van der Waals surface area contributed by atoms with Crippen LogP contribution in [0.25, 0.3) is 0 Å². The minimum Gasteiger partial charge on any atom is -0.490 e. The van der Waals surface area contributed by atoms with Crippen LogP contribution in [0.5, 0.6) is 5.75 Å². The van der Waals surface area contributed by atoms with E-state index in [9.17, 15) is 0 Å². The fourth-order valence-electron chi connectivity index (χ4n) is 3.63. The molecule has 1 aromatic rings. The van der Waals surface area contributed by atoms with Crippen LogP contribution in [0, 0.1) is 0 Å². The Kier molecular flexibility index (Phi) is 4.27. The Morgan fingerprint density at radius 2 is 2.00 bits per heavy atom. The fraction of sp³-hybridized carbons (Fsp3) is 0.647. The lowest BCUT2D eigenvalue weighted by molar-refractivity contribution is 0.0207. The second-order valence-electron chi connectivity index (χ2n) is 5.97. The fourth-order valence-corrected chi connectivity index (χ4v) is 3.63. The molecule has 1 fully saturated rings. The molecule has 0 aromatic heterocycles. The summed E-state index contributed by atoms with van der Waals surface area (Å²) in [5, 5.41) is 3.39. The van der Waals surface area contributed by atoms with Crippen molar-refractivity contribution in [3.63, 3.8) is 0 Å². The van der Waals surface area contributed by atoms with Crippen molar-refractivity contribution < 1.29 is 9.47 Å². The summed E-state index contributed by atoms with van der Waals surface area (Å²) in [5.74, 6) is 1.10. The maximum absolute atomic E-state index is 6.32. The third kappa shape index (κ3) is 2.70. The first kappa shape index (κ1) is 13.9. The maximum atomic E-state index is 6.32. The average Bonchev–Trinajstić information content (AvgIpc) is 2.91. The van der Waals surface area contributed by atoms with Gasteiger partial charge in [0.2, 0.25) is 0 Å². The van der Waals surface area contributed by atoms with Crippen molar-refractivity contribution in [1.82, 2.24) is 5.32 Å². The van der Waals surface area contributed by atoms with Crippen molar-refractivity contribution in [2.45, 2.75) is 56.8 Å². The van der Waals surface area contributed by atoms with E-state index >= 15 is 0 Å². The first-order valence-corrected chi connectivity index (χ1v) is 7.80. The summed E-state index contributed by atoms with van der Waals surface area (Å²) >= 11 is 0. The van der Waals surface area contributed by atoms with Crippen LogP contribution in [0.15, 0.2) is 18.2 Å². The molecule has 0 amide bonds. The lowest BCUT2D eigenvalue weighted by Crippen LogP contribution is -2.29. The smallest absolute Gasteiger partial charge is 0.123 e. The van der Waals surface area contributed by atoms with Gasteiger partial charge >= 0.3 is 0 Å². The number of hydrogen-bond acceptors (Lipinski definition) is 3. The summed E-state index contributed by atoms with van der Waals surface area (Å²) in [7, 11) is 3.85. The van der Waals surface area contributed by atoms with Gasteiger partial charge in [0.1, 0.15) is 11.9 Å². The van der Waals surface area contributed by atoms with E-state index in [1.54, 1.807) is 0 Å². The van der Waals surface area contributed by atoms with E-state index in [1.165, 1.54) is 30.4 Å². The summed E-state index contributed by atoms with van der Waals surface area (Å²) in [4.78, 5) is 0. The molecule has 3 atom stereocenters. The third-order valence-corrected chi connectivity index (χ3v) is 4.78. The highest BCUT2D eigenvalue weighted by atomic mass is 16.5. The summed E-state index contributed by atoms with van der Waals surface area (Å²) in [6.07, 6.45) is 7.54. The van der Waals surface area contributed by atoms with E-state index in [0.717, 1.165) is 25.0 Å². The Bertz CT molecular complexity index is 460.